The summed E-state index contributed by atoms with van der Waals surface area (Å²) in [4.78, 5) is 28.5. The first-order chi connectivity index (χ1) is 11.2. The summed E-state index contributed by atoms with van der Waals surface area (Å²) in [5.74, 6) is -0.0913. The van der Waals surface area contributed by atoms with Crippen LogP contribution in [0, 0.1) is 0 Å². The Bertz CT molecular complexity index is 384. The summed E-state index contributed by atoms with van der Waals surface area (Å²) in [5.41, 5.74) is 0. The van der Waals surface area contributed by atoms with Gasteiger partial charge in [-0.3, -0.25) is 19.4 Å². The Hall–Kier alpha value is -1.18. The third-order valence-corrected chi connectivity index (χ3v) is 4.46. The van der Waals surface area contributed by atoms with E-state index in [-0.39, 0.29) is 17.9 Å². The second-order valence-electron chi connectivity index (χ2n) is 6.22. The maximum Gasteiger partial charge on any atom is 0.242 e. The molecule has 7 heteroatoms. The van der Waals surface area contributed by atoms with Crippen LogP contribution < -0.4 is 10.6 Å². The van der Waals surface area contributed by atoms with Gasteiger partial charge in [0, 0.05) is 45.9 Å². The number of nitrogens with one attached hydrogen (secondary N) is 2. The molecule has 7 nitrogen and oxygen atoms in total. The van der Waals surface area contributed by atoms with E-state index in [1.807, 2.05) is 6.92 Å². The van der Waals surface area contributed by atoms with E-state index in [0.717, 1.165) is 71.7 Å². The standard InChI is InChI=1S/C16H30N4O3/c1-2-23-12-11-19-7-9-20(10-8-19)13-15(21)18-14-5-3-4-6-17-16(14)22/h14H,2-13H2,1H3,(H,17,22)(H,18,21). The molecule has 2 amide bonds. The topological polar surface area (TPSA) is 73.9 Å². The van der Waals surface area contributed by atoms with E-state index in [9.17, 15) is 9.59 Å². The van der Waals surface area contributed by atoms with Crippen LogP contribution in [0.2, 0.25) is 0 Å². The van der Waals surface area contributed by atoms with Crippen LogP contribution in [-0.4, -0.2) is 86.7 Å². The van der Waals surface area contributed by atoms with E-state index in [0.29, 0.717) is 6.54 Å². The largest absolute Gasteiger partial charge is 0.380 e. The van der Waals surface area contributed by atoms with Crippen molar-refractivity contribution in [1.82, 2.24) is 20.4 Å². The van der Waals surface area contributed by atoms with Crippen LogP contribution in [0.4, 0.5) is 0 Å². The van der Waals surface area contributed by atoms with Crippen LogP contribution >= 0.6 is 0 Å². The lowest BCUT2D eigenvalue weighted by Crippen LogP contribution is -2.52. The highest BCUT2D eigenvalue weighted by Gasteiger charge is 2.24. The summed E-state index contributed by atoms with van der Waals surface area (Å²) in [6.07, 6.45) is 2.70. The van der Waals surface area contributed by atoms with Crippen LogP contribution in [0.5, 0.6) is 0 Å². The third kappa shape index (κ3) is 6.45. The smallest absolute Gasteiger partial charge is 0.242 e. The Kier molecular flexibility index (Phi) is 7.78. The molecule has 2 N–H and O–H groups in total. The lowest BCUT2D eigenvalue weighted by Gasteiger charge is -2.34. The maximum atomic E-state index is 12.2. The molecule has 2 saturated heterocycles. The van der Waals surface area contributed by atoms with Crippen molar-refractivity contribution in [3.63, 3.8) is 0 Å². The van der Waals surface area contributed by atoms with Gasteiger partial charge in [0.25, 0.3) is 0 Å². The van der Waals surface area contributed by atoms with E-state index in [4.69, 9.17) is 4.74 Å². The molecule has 1 unspecified atom stereocenters. The number of hydrogen-bond donors (Lipinski definition) is 2. The SMILES string of the molecule is CCOCCN1CCN(CC(=O)NC2CCCCNC2=O)CC1. The van der Waals surface area contributed by atoms with Crippen LogP contribution in [0.15, 0.2) is 0 Å². The summed E-state index contributed by atoms with van der Waals surface area (Å²) < 4.78 is 5.38. The van der Waals surface area contributed by atoms with Crippen molar-refractivity contribution in [3.05, 3.63) is 0 Å². The van der Waals surface area contributed by atoms with Crippen molar-refractivity contribution >= 4 is 11.8 Å². The molecule has 132 valence electrons. The Morgan fingerprint density at radius 2 is 2.00 bits per heavy atom. The molecular formula is C16H30N4O3. The number of nitrogens with zero attached hydrogens (tertiary/aromatic N) is 2. The molecule has 2 aliphatic rings. The Balaban J connectivity index is 1.65. The van der Waals surface area contributed by atoms with Crippen molar-refractivity contribution < 1.29 is 14.3 Å². The lowest BCUT2D eigenvalue weighted by atomic mass is 10.1. The van der Waals surface area contributed by atoms with Gasteiger partial charge in [-0.05, 0) is 26.2 Å². The highest BCUT2D eigenvalue weighted by molar-refractivity contribution is 5.88. The fourth-order valence-corrected chi connectivity index (χ4v) is 3.03. The van der Waals surface area contributed by atoms with Crippen LogP contribution in [0.3, 0.4) is 0 Å². The van der Waals surface area contributed by atoms with Crippen molar-refractivity contribution in [3.8, 4) is 0 Å². The normalized spacial score (nSPS) is 24.0. The number of rotatable bonds is 7. The van der Waals surface area contributed by atoms with Gasteiger partial charge >= 0.3 is 0 Å². The molecule has 23 heavy (non-hydrogen) atoms. The quantitative estimate of drug-likeness (QED) is 0.613. The third-order valence-electron chi connectivity index (χ3n) is 4.46. The average molecular weight is 326 g/mol. The molecule has 0 spiro atoms. The molecule has 2 aliphatic heterocycles. The van der Waals surface area contributed by atoms with Gasteiger partial charge < -0.3 is 15.4 Å². The monoisotopic (exact) mass is 326 g/mol. The minimum Gasteiger partial charge on any atom is -0.380 e. The molecule has 0 saturated carbocycles. The highest BCUT2D eigenvalue weighted by Crippen LogP contribution is 2.06. The van der Waals surface area contributed by atoms with Crippen molar-refractivity contribution in [1.29, 1.82) is 0 Å². The minimum absolute atomic E-state index is 0.0448. The molecule has 0 aliphatic carbocycles. The molecular weight excluding hydrogens is 296 g/mol. The second kappa shape index (κ2) is 9.85. The van der Waals surface area contributed by atoms with Crippen molar-refractivity contribution in [2.75, 3.05) is 59.0 Å². The number of carbonyl (C=O) groups excluding carboxylic acids is 2. The number of ether oxygens (including phenoxy) is 1. The summed E-state index contributed by atoms with van der Waals surface area (Å²) in [5, 5.41) is 5.73. The predicted octanol–water partition coefficient (Wildman–Crippen LogP) is -0.575. The summed E-state index contributed by atoms with van der Waals surface area (Å²) in [7, 11) is 0. The van der Waals surface area contributed by atoms with Crippen molar-refractivity contribution in [2.24, 2.45) is 0 Å². The molecule has 0 radical (unpaired) electrons. The molecule has 1 atom stereocenters. The number of piperazine rings is 1. The molecule has 0 aromatic carbocycles. The van der Waals surface area contributed by atoms with Gasteiger partial charge in [-0.2, -0.15) is 0 Å². The Morgan fingerprint density at radius 3 is 2.74 bits per heavy atom. The average Bonchev–Trinajstić information content (AvgIpc) is 2.74. The molecule has 0 bridgehead atoms. The fourth-order valence-electron chi connectivity index (χ4n) is 3.03. The van der Waals surface area contributed by atoms with Crippen molar-refractivity contribution in [2.45, 2.75) is 32.2 Å². The molecule has 2 fully saturated rings. The molecule has 0 aromatic heterocycles. The number of hydrogen-bond acceptors (Lipinski definition) is 5. The fraction of sp³-hybridized carbons (Fsp3) is 0.875. The van der Waals surface area contributed by atoms with Gasteiger partial charge in [-0.25, -0.2) is 0 Å². The zero-order valence-electron chi connectivity index (χ0n) is 14.2. The first-order valence-electron chi connectivity index (χ1n) is 8.78. The Morgan fingerprint density at radius 1 is 1.26 bits per heavy atom. The van der Waals surface area contributed by atoms with E-state index >= 15 is 0 Å². The summed E-state index contributed by atoms with van der Waals surface area (Å²) >= 11 is 0. The predicted molar refractivity (Wildman–Crippen MR) is 88.2 cm³/mol. The molecule has 0 aromatic rings. The minimum atomic E-state index is -0.363. The van der Waals surface area contributed by atoms with Gasteiger partial charge in [0.05, 0.1) is 13.2 Å². The maximum absolute atomic E-state index is 12.2. The first kappa shape index (κ1) is 18.2. The van der Waals surface area contributed by atoms with Gasteiger partial charge in [0.2, 0.25) is 11.8 Å². The van der Waals surface area contributed by atoms with Gasteiger partial charge in [0.15, 0.2) is 0 Å². The van der Waals surface area contributed by atoms with Gasteiger partial charge in [-0.1, -0.05) is 0 Å². The van der Waals surface area contributed by atoms with E-state index in [1.54, 1.807) is 0 Å². The van der Waals surface area contributed by atoms with Crippen LogP contribution in [-0.2, 0) is 14.3 Å². The number of amides is 2. The van der Waals surface area contributed by atoms with Gasteiger partial charge in [-0.15, -0.1) is 0 Å². The number of carbonyl (C=O) groups is 2. The van der Waals surface area contributed by atoms with Crippen LogP contribution in [0.25, 0.3) is 0 Å². The zero-order valence-corrected chi connectivity index (χ0v) is 14.2. The van der Waals surface area contributed by atoms with E-state index in [1.165, 1.54) is 0 Å². The zero-order chi connectivity index (χ0) is 16.5. The van der Waals surface area contributed by atoms with E-state index < -0.39 is 0 Å². The summed E-state index contributed by atoms with van der Waals surface area (Å²) in [6, 6.07) is -0.363. The lowest BCUT2D eigenvalue weighted by molar-refractivity contribution is -0.129. The second-order valence-corrected chi connectivity index (χ2v) is 6.22. The van der Waals surface area contributed by atoms with Gasteiger partial charge in [0.1, 0.15) is 6.04 Å². The highest BCUT2D eigenvalue weighted by atomic mass is 16.5. The molecule has 2 rings (SSSR count). The first-order valence-corrected chi connectivity index (χ1v) is 8.78. The summed E-state index contributed by atoms with van der Waals surface area (Å²) in [6.45, 7) is 9.28. The van der Waals surface area contributed by atoms with E-state index in [2.05, 4.69) is 20.4 Å². The molecule has 2 heterocycles. The Labute approximate surface area is 138 Å². The van der Waals surface area contributed by atoms with Crippen LogP contribution in [0.1, 0.15) is 26.2 Å².